The van der Waals surface area contributed by atoms with E-state index < -0.39 is 5.97 Å². The molecule has 34 heavy (non-hydrogen) atoms. The second-order valence-electron chi connectivity index (χ2n) is 8.96. The van der Waals surface area contributed by atoms with Crippen LogP contribution in [0.5, 0.6) is 5.75 Å². The van der Waals surface area contributed by atoms with Gasteiger partial charge in [0, 0.05) is 24.4 Å². The van der Waals surface area contributed by atoms with Gasteiger partial charge in [-0.3, -0.25) is 4.79 Å². The van der Waals surface area contributed by atoms with E-state index >= 15 is 0 Å². The number of unbranched alkanes of at least 4 members (excludes halogenated alkanes) is 7. The number of Topliss-reactive ketones (excluding diaryl/α,β-unsaturated/α-hetero) is 1. The number of aryl methyl sites for hydroxylation is 2. The predicted octanol–water partition coefficient (Wildman–Crippen LogP) is 7.21. The van der Waals surface area contributed by atoms with Crippen molar-refractivity contribution in [2.75, 3.05) is 6.61 Å². The summed E-state index contributed by atoms with van der Waals surface area (Å²) in [5.74, 6) is -0.433. The molecule has 0 atom stereocenters. The number of benzene rings is 2. The maximum atomic E-state index is 13.2. The van der Waals surface area contributed by atoms with Gasteiger partial charge in [0.25, 0.3) is 0 Å². The summed E-state index contributed by atoms with van der Waals surface area (Å²) in [6.45, 7) is 2.91. The summed E-state index contributed by atoms with van der Waals surface area (Å²) in [7, 11) is 1.69. The Morgan fingerprint density at radius 2 is 1.53 bits per heavy atom. The standard InChI is InChI=1S/C29H37NO4/c1-3-4-5-6-7-8-9-14-21-34-26-18-13-10-15-22(26)19-20-25(31)27-23-16-11-12-17-24(23)30(2)28(27)29(32)33/h10-13,15-18H,3-9,14,19-21H2,1-2H3,(H,32,33). The van der Waals surface area contributed by atoms with Gasteiger partial charge in [0.05, 0.1) is 12.2 Å². The van der Waals surface area contributed by atoms with E-state index in [0.29, 0.717) is 24.0 Å². The monoisotopic (exact) mass is 463 g/mol. The normalized spacial score (nSPS) is 11.1. The number of carboxylic acids is 1. The molecule has 1 N–H and O–H groups in total. The van der Waals surface area contributed by atoms with Gasteiger partial charge in [-0.15, -0.1) is 0 Å². The summed E-state index contributed by atoms with van der Waals surface area (Å²) in [5.41, 5.74) is 2.07. The van der Waals surface area contributed by atoms with Crippen LogP contribution in [-0.2, 0) is 13.5 Å². The fraction of sp³-hybridized carbons (Fsp3) is 0.448. The molecule has 1 aromatic heterocycles. The summed E-state index contributed by atoms with van der Waals surface area (Å²) < 4.78 is 7.64. The lowest BCUT2D eigenvalue weighted by molar-refractivity contribution is 0.0682. The van der Waals surface area contributed by atoms with Crippen LogP contribution in [0.2, 0.25) is 0 Å². The van der Waals surface area contributed by atoms with E-state index in [2.05, 4.69) is 6.92 Å². The number of aromatic carboxylic acids is 1. The third kappa shape index (κ3) is 6.49. The predicted molar refractivity (Wildman–Crippen MR) is 137 cm³/mol. The molecule has 3 rings (SSSR count). The van der Waals surface area contributed by atoms with Crippen LogP contribution in [-0.4, -0.2) is 28.0 Å². The number of rotatable bonds is 15. The van der Waals surface area contributed by atoms with Gasteiger partial charge in [-0.25, -0.2) is 4.79 Å². The number of hydrogen-bond donors (Lipinski definition) is 1. The van der Waals surface area contributed by atoms with Crippen molar-refractivity contribution < 1.29 is 19.4 Å². The molecule has 0 aliphatic rings. The molecule has 0 fully saturated rings. The lowest BCUT2D eigenvalue weighted by atomic mass is 9.99. The van der Waals surface area contributed by atoms with Crippen molar-refractivity contribution in [3.8, 4) is 5.75 Å². The quantitative estimate of drug-likeness (QED) is 0.191. The summed E-state index contributed by atoms with van der Waals surface area (Å²) in [6, 6.07) is 15.2. The third-order valence-electron chi connectivity index (χ3n) is 6.44. The molecule has 0 radical (unpaired) electrons. The maximum absolute atomic E-state index is 13.2. The molecule has 0 unspecified atom stereocenters. The highest BCUT2D eigenvalue weighted by Gasteiger charge is 2.25. The summed E-state index contributed by atoms with van der Waals surface area (Å²) >= 11 is 0. The molecular formula is C29H37NO4. The number of fused-ring (bicyclic) bond motifs is 1. The molecule has 182 valence electrons. The number of ketones is 1. The molecular weight excluding hydrogens is 426 g/mol. The van der Waals surface area contributed by atoms with Gasteiger partial charge in [-0.1, -0.05) is 88.3 Å². The first-order valence-corrected chi connectivity index (χ1v) is 12.6. The minimum absolute atomic E-state index is 0.0467. The van der Waals surface area contributed by atoms with Gasteiger partial charge in [-0.05, 0) is 30.5 Å². The lowest BCUT2D eigenvalue weighted by Crippen LogP contribution is -2.12. The molecule has 0 bridgehead atoms. The van der Waals surface area contributed by atoms with Gasteiger partial charge in [0.2, 0.25) is 0 Å². The number of para-hydroxylation sites is 2. The van der Waals surface area contributed by atoms with Crippen LogP contribution in [0.25, 0.3) is 10.9 Å². The minimum Gasteiger partial charge on any atom is -0.493 e. The lowest BCUT2D eigenvalue weighted by Gasteiger charge is -2.11. The first-order valence-electron chi connectivity index (χ1n) is 12.6. The Kier molecular flexibility index (Phi) is 9.75. The summed E-state index contributed by atoms with van der Waals surface area (Å²) in [5, 5.41) is 10.4. The Hall–Kier alpha value is -3.08. The fourth-order valence-electron chi connectivity index (χ4n) is 4.57. The molecule has 0 aliphatic carbocycles. The molecule has 2 aromatic carbocycles. The average molecular weight is 464 g/mol. The SMILES string of the molecule is CCCCCCCCCCOc1ccccc1CCC(=O)c1c(C(=O)O)n(C)c2ccccc12. The van der Waals surface area contributed by atoms with Crippen LogP contribution in [0.3, 0.4) is 0 Å². The van der Waals surface area contributed by atoms with Crippen LogP contribution in [0.4, 0.5) is 0 Å². The third-order valence-corrected chi connectivity index (χ3v) is 6.44. The minimum atomic E-state index is -1.09. The second kappa shape index (κ2) is 13.0. The van der Waals surface area contributed by atoms with E-state index in [0.717, 1.165) is 23.3 Å². The van der Waals surface area contributed by atoms with Gasteiger partial charge in [0.1, 0.15) is 11.4 Å². The number of carbonyl (C=O) groups excluding carboxylic acids is 1. The molecule has 0 saturated heterocycles. The van der Waals surface area contributed by atoms with Crippen molar-refractivity contribution in [2.45, 2.75) is 71.1 Å². The van der Waals surface area contributed by atoms with Gasteiger partial charge < -0.3 is 14.4 Å². The number of carboxylic acid groups (broad SMARTS) is 1. The smallest absolute Gasteiger partial charge is 0.353 e. The highest BCUT2D eigenvalue weighted by Crippen LogP contribution is 2.28. The first kappa shape index (κ1) is 25.5. The molecule has 5 heteroatoms. The van der Waals surface area contributed by atoms with Crippen molar-refractivity contribution in [1.82, 2.24) is 4.57 Å². The zero-order chi connectivity index (χ0) is 24.3. The van der Waals surface area contributed by atoms with Crippen LogP contribution >= 0.6 is 0 Å². The van der Waals surface area contributed by atoms with Crippen molar-refractivity contribution in [3.05, 3.63) is 65.4 Å². The Morgan fingerprint density at radius 1 is 0.882 bits per heavy atom. The zero-order valence-electron chi connectivity index (χ0n) is 20.5. The van der Waals surface area contributed by atoms with E-state index in [1.165, 1.54) is 44.9 Å². The van der Waals surface area contributed by atoms with E-state index in [1.807, 2.05) is 48.5 Å². The highest BCUT2D eigenvalue weighted by atomic mass is 16.5. The number of hydrogen-bond acceptors (Lipinski definition) is 3. The average Bonchev–Trinajstić information content (AvgIpc) is 3.15. The second-order valence-corrected chi connectivity index (χ2v) is 8.96. The molecule has 1 heterocycles. The number of carbonyl (C=O) groups is 2. The molecule has 0 spiro atoms. The summed E-state index contributed by atoms with van der Waals surface area (Å²) in [6.07, 6.45) is 10.8. The molecule has 3 aromatic rings. The Bertz CT molecular complexity index is 1100. The number of aromatic nitrogens is 1. The molecule has 0 amide bonds. The van der Waals surface area contributed by atoms with Gasteiger partial charge in [-0.2, -0.15) is 0 Å². The highest BCUT2D eigenvalue weighted by molar-refractivity contribution is 6.15. The Labute approximate surface area is 202 Å². The fourth-order valence-corrected chi connectivity index (χ4v) is 4.57. The number of ether oxygens (including phenoxy) is 1. The Morgan fingerprint density at radius 3 is 2.26 bits per heavy atom. The zero-order valence-corrected chi connectivity index (χ0v) is 20.5. The maximum Gasteiger partial charge on any atom is 0.353 e. The van der Waals surface area contributed by atoms with Gasteiger partial charge in [0.15, 0.2) is 5.78 Å². The van der Waals surface area contributed by atoms with E-state index in [1.54, 1.807) is 11.6 Å². The Balaban J connectivity index is 1.57. The van der Waals surface area contributed by atoms with Crippen molar-refractivity contribution in [1.29, 1.82) is 0 Å². The summed E-state index contributed by atoms with van der Waals surface area (Å²) in [4.78, 5) is 25.1. The first-order chi connectivity index (χ1) is 16.5. The van der Waals surface area contributed by atoms with E-state index in [-0.39, 0.29) is 17.9 Å². The van der Waals surface area contributed by atoms with Crippen LogP contribution in [0, 0.1) is 0 Å². The molecule has 0 aliphatic heterocycles. The van der Waals surface area contributed by atoms with Crippen molar-refractivity contribution in [3.63, 3.8) is 0 Å². The van der Waals surface area contributed by atoms with E-state index in [9.17, 15) is 14.7 Å². The van der Waals surface area contributed by atoms with Crippen molar-refractivity contribution in [2.24, 2.45) is 7.05 Å². The van der Waals surface area contributed by atoms with Crippen LogP contribution in [0.1, 0.15) is 91.1 Å². The largest absolute Gasteiger partial charge is 0.493 e. The van der Waals surface area contributed by atoms with Crippen LogP contribution < -0.4 is 4.74 Å². The van der Waals surface area contributed by atoms with Crippen LogP contribution in [0.15, 0.2) is 48.5 Å². The molecule has 5 nitrogen and oxygen atoms in total. The molecule has 0 saturated carbocycles. The number of nitrogens with zero attached hydrogens (tertiary/aromatic N) is 1. The van der Waals surface area contributed by atoms with Crippen molar-refractivity contribution >= 4 is 22.7 Å². The van der Waals surface area contributed by atoms with E-state index in [4.69, 9.17) is 4.74 Å². The van der Waals surface area contributed by atoms with Gasteiger partial charge >= 0.3 is 5.97 Å². The topological polar surface area (TPSA) is 68.5 Å².